The van der Waals surface area contributed by atoms with Gasteiger partial charge in [0.05, 0.1) is 0 Å². The van der Waals surface area contributed by atoms with Gasteiger partial charge in [0.1, 0.15) is 17.2 Å². The minimum Gasteiger partial charge on any atom is -0.480 e. The first-order valence-electron chi connectivity index (χ1n) is 7.34. The average molecular weight is 309 g/mol. The molecule has 0 heterocycles. The second-order valence-corrected chi connectivity index (χ2v) is 6.36. The third-order valence-electron chi connectivity index (χ3n) is 4.72. The average Bonchev–Trinajstić information content (AvgIpc) is 3.31. The lowest BCUT2D eigenvalue weighted by Gasteiger charge is -2.26. The lowest BCUT2D eigenvalue weighted by atomic mass is 9.95. The number of nitrogens with one attached hydrogen (secondary N) is 1. The lowest BCUT2D eigenvalue weighted by molar-refractivity contribution is -0.148. The second kappa shape index (κ2) is 5.04. The van der Waals surface area contributed by atoms with Crippen LogP contribution in [0.4, 0.5) is 8.78 Å². The fraction of sp³-hybridized carbons (Fsp3) is 0.500. The van der Waals surface area contributed by atoms with E-state index in [4.69, 9.17) is 0 Å². The van der Waals surface area contributed by atoms with Crippen molar-refractivity contribution >= 4 is 11.9 Å². The molecule has 1 amide bonds. The molecule has 1 aromatic carbocycles. The van der Waals surface area contributed by atoms with E-state index in [1.54, 1.807) is 0 Å². The fourth-order valence-corrected chi connectivity index (χ4v) is 3.01. The van der Waals surface area contributed by atoms with Crippen LogP contribution in [0.3, 0.4) is 0 Å². The monoisotopic (exact) mass is 309 g/mol. The summed E-state index contributed by atoms with van der Waals surface area (Å²) in [5, 5.41) is 11.9. The summed E-state index contributed by atoms with van der Waals surface area (Å²) in [4.78, 5) is 23.7. The molecular formula is C16H17F2NO3. The van der Waals surface area contributed by atoms with Gasteiger partial charge in [0.15, 0.2) is 0 Å². The van der Waals surface area contributed by atoms with E-state index in [0.717, 1.165) is 25.0 Å². The zero-order valence-corrected chi connectivity index (χ0v) is 12.1. The maximum Gasteiger partial charge on any atom is 0.329 e. The molecule has 0 unspecified atom stereocenters. The third-order valence-corrected chi connectivity index (χ3v) is 4.72. The van der Waals surface area contributed by atoms with Gasteiger partial charge in [-0.3, -0.25) is 4.79 Å². The van der Waals surface area contributed by atoms with Gasteiger partial charge in [0.25, 0.3) is 0 Å². The van der Waals surface area contributed by atoms with Crippen LogP contribution in [-0.4, -0.2) is 22.5 Å². The minimum absolute atomic E-state index is 0.0728. The molecule has 2 aliphatic rings. The van der Waals surface area contributed by atoms with E-state index in [1.165, 1.54) is 13.0 Å². The Hall–Kier alpha value is -1.98. The number of carboxylic acid groups (broad SMARTS) is 1. The number of rotatable bonds is 5. The van der Waals surface area contributed by atoms with Crippen LogP contribution in [0.25, 0.3) is 0 Å². The van der Waals surface area contributed by atoms with Crippen LogP contribution in [0.2, 0.25) is 0 Å². The van der Waals surface area contributed by atoms with Gasteiger partial charge >= 0.3 is 5.97 Å². The molecule has 2 fully saturated rings. The number of hydrogen-bond acceptors (Lipinski definition) is 2. The minimum atomic E-state index is -1.29. The van der Waals surface area contributed by atoms with Gasteiger partial charge in [-0.2, -0.15) is 0 Å². The summed E-state index contributed by atoms with van der Waals surface area (Å²) in [6, 6.07) is 3.61. The van der Waals surface area contributed by atoms with Crippen molar-refractivity contribution in [2.24, 2.45) is 11.8 Å². The third kappa shape index (κ3) is 2.46. The van der Waals surface area contributed by atoms with Crippen LogP contribution in [0.5, 0.6) is 0 Å². The largest absolute Gasteiger partial charge is 0.480 e. The summed E-state index contributed by atoms with van der Waals surface area (Å²) in [5.74, 6) is -3.99. The molecule has 0 aromatic heterocycles. The molecule has 3 rings (SSSR count). The smallest absolute Gasteiger partial charge is 0.329 e. The van der Waals surface area contributed by atoms with E-state index < -0.39 is 40.9 Å². The van der Waals surface area contributed by atoms with Gasteiger partial charge in [-0.1, -0.05) is 6.07 Å². The summed E-state index contributed by atoms with van der Waals surface area (Å²) in [6.07, 6.45) is 1.86. The Morgan fingerprint density at radius 2 is 1.86 bits per heavy atom. The molecule has 22 heavy (non-hydrogen) atoms. The van der Waals surface area contributed by atoms with Crippen molar-refractivity contribution in [3.8, 4) is 0 Å². The van der Waals surface area contributed by atoms with E-state index in [-0.39, 0.29) is 11.5 Å². The van der Waals surface area contributed by atoms with Crippen molar-refractivity contribution < 1.29 is 23.5 Å². The van der Waals surface area contributed by atoms with Crippen LogP contribution in [0.1, 0.15) is 37.7 Å². The Morgan fingerprint density at radius 3 is 2.36 bits per heavy atom. The van der Waals surface area contributed by atoms with E-state index in [9.17, 15) is 23.5 Å². The normalized spacial score (nSPS) is 26.1. The van der Waals surface area contributed by atoms with Gasteiger partial charge in [-0.05, 0) is 44.2 Å². The Labute approximate surface area is 126 Å². The number of aliphatic carboxylic acids is 1. The van der Waals surface area contributed by atoms with Gasteiger partial charge in [0.2, 0.25) is 5.91 Å². The number of halogens is 2. The predicted octanol–water partition coefficient (Wildman–Crippen LogP) is 2.44. The van der Waals surface area contributed by atoms with Gasteiger partial charge in [-0.25, -0.2) is 13.6 Å². The van der Waals surface area contributed by atoms with Crippen LogP contribution < -0.4 is 5.32 Å². The molecular weight excluding hydrogens is 292 g/mol. The summed E-state index contributed by atoms with van der Waals surface area (Å²) in [7, 11) is 0. The van der Waals surface area contributed by atoms with E-state index in [2.05, 4.69) is 5.32 Å². The first-order chi connectivity index (χ1) is 10.3. The number of benzene rings is 1. The first-order valence-corrected chi connectivity index (χ1v) is 7.34. The number of carbonyl (C=O) groups excluding carboxylic acids is 1. The molecule has 0 spiro atoms. The molecule has 118 valence electrons. The standard InChI is InChI=1S/C16H17F2NO3/c1-16(15(21)22,8-5-6-8)19-14(20)10-7-9(10)13-11(17)3-2-4-12(13)18/h2-4,8-10H,5-7H2,1H3,(H,19,20)(H,21,22)/t9-,10-,16-/m1/s1. The Balaban J connectivity index is 1.72. The Bertz CT molecular complexity index is 624. The number of carboxylic acids is 1. The van der Waals surface area contributed by atoms with Crippen molar-refractivity contribution in [1.82, 2.24) is 5.32 Å². The molecule has 4 nitrogen and oxygen atoms in total. The predicted molar refractivity (Wildman–Crippen MR) is 74.1 cm³/mol. The lowest BCUT2D eigenvalue weighted by Crippen LogP contribution is -2.54. The van der Waals surface area contributed by atoms with E-state index in [1.807, 2.05) is 0 Å². The van der Waals surface area contributed by atoms with Gasteiger partial charge < -0.3 is 10.4 Å². The van der Waals surface area contributed by atoms with Gasteiger partial charge in [0, 0.05) is 17.4 Å². The number of carbonyl (C=O) groups is 2. The molecule has 0 bridgehead atoms. The molecule has 2 aliphatic carbocycles. The number of amides is 1. The van der Waals surface area contributed by atoms with Crippen LogP contribution in [0, 0.1) is 23.5 Å². The first kappa shape index (κ1) is 14.9. The maximum atomic E-state index is 13.7. The Morgan fingerprint density at radius 1 is 1.27 bits per heavy atom. The molecule has 0 aliphatic heterocycles. The summed E-state index contributed by atoms with van der Waals surface area (Å²) in [5.41, 5.74) is -1.37. The zero-order valence-electron chi connectivity index (χ0n) is 12.1. The Kier molecular flexibility index (Phi) is 3.42. The molecule has 1 aromatic rings. The summed E-state index contributed by atoms with van der Waals surface area (Å²) in [6.45, 7) is 1.49. The molecule has 2 N–H and O–H groups in total. The highest BCUT2D eigenvalue weighted by atomic mass is 19.1. The summed E-state index contributed by atoms with van der Waals surface area (Å²) < 4.78 is 27.4. The highest BCUT2D eigenvalue weighted by Crippen LogP contribution is 2.50. The van der Waals surface area contributed by atoms with Gasteiger partial charge in [-0.15, -0.1) is 0 Å². The van der Waals surface area contributed by atoms with E-state index in [0.29, 0.717) is 6.42 Å². The maximum absolute atomic E-state index is 13.7. The van der Waals surface area contributed by atoms with Crippen molar-refractivity contribution in [2.45, 2.75) is 37.6 Å². The van der Waals surface area contributed by atoms with Crippen molar-refractivity contribution in [3.63, 3.8) is 0 Å². The fourth-order valence-electron chi connectivity index (χ4n) is 3.01. The second-order valence-electron chi connectivity index (χ2n) is 6.36. The van der Waals surface area contributed by atoms with E-state index >= 15 is 0 Å². The topological polar surface area (TPSA) is 66.4 Å². The van der Waals surface area contributed by atoms with Crippen LogP contribution in [0.15, 0.2) is 18.2 Å². The molecule has 2 saturated carbocycles. The quantitative estimate of drug-likeness (QED) is 0.878. The molecule has 0 saturated heterocycles. The summed E-state index contributed by atoms with van der Waals surface area (Å²) >= 11 is 0. The molecule has 6 heteroatoms. The molecule has 0 radical (unpaired) electrons. The van der Waals surface area contributed by atoms with Crippen molar-refractivity contribution in [2.75, 3.05) is 0 Å². The van der Waals surface area contributed by atoms with Crippen molar-refractivity contribution in [3.05, 3.63) is 35.4 Å². The molecule has 3 atom stereocenters. The van der Waals surface area contributed by atoms with Crippen LogP contribution >= 0.6 is 0 Å². The highest BCUT2D eigenvalue weighted by molar-refractivity contribution is 5.90. The van der Waals surface area contributed by atoms with Crippen LogP contribution in [-0.2, 0) is 9.59 Å². The zero-order chi connectivity index (χ0) is 16.1. The highest BCUT2D eigenvalue weighted by Gasteiger charge is 2.53. The SMILES string of the molecule is C[C@](NC(=O)[C@@H]1C[C@H]1c1c(F)cccc1F)(C(=O)O)C1CC1. The van der Waals surface area contributed by atoms with Crippen molar-refractivity contribution in [1.29, 1.82) is 0 Å². The number of hydrogen-bond donors (Lipinski definition) is 2.